The Morgan fingerprint density at radius 1 is 1.12 bits per heavy atom. The fourth-order valence-corrected chi connectivity index (χ4v) is 3.78. The minimum Gasteiger partial charge on any atom is -0.349 e. The first kappa shape index (κ1) is 17.6. The smallest absolute Gasteiger partial charge is 0.225 e. The van der Waals surface area contributed by atoms with Crippen molar-refractivity contribution in [3.8, 4) is 0 Å². The monoisotopic (exact) mass is 368 g/mol. The van der Waals surface area contributed by atoms with E-state index in [0.717, 1.165) is 31.2 Å². The van der Waals surface area contributed by atoms with Crippen LogP contribution in [0.15, 0.2) is 18.2 Å². The normalized spacial score (nSPS) is 19.9. The minimum atomic E-state index is -0.173. The highest BCUT2D eigenvalue weighted by Gasteiger charge is 2.36. The van der Waals surface area contributed by atoms with Crippen molar-refractivity contribution in [2.24, 2.45) is 11.8 Å². The Bertz CT molecular complexity index is 638. The lowest BCUT2D eigenvalue weighted by molar-refractivity contribution is -0.136. The van der Waals surface area contributed by atoms with Crippen LogP contribution in [0.25, 0.3) is 0 Å². The molecule has 3 rings (SSSR count). The highest BCUT2D eigenvalue weighted by Crippen LogP contribution is 2.32. The quantitative estimate of drug-likeness (QED) is 0.877. The number of hydrogen-bond donors (Lipinski definition) is 1. The van der Waals surface area contributed by atoms with E-state index in [4.69, 9.17) is 23.2 Å². The molecule has 130 valence electrons. The summed E-state index contributed by atoms with van der Waals surface area (Å²) in [5.74, 6) is 0.520. The lowest BCUT2D eigenvalue weighted by atomic mass is 9.95. The van der Waals surface area contributed by atoms with E-state index in [2.05, 4.69) is 5.32 Å². The molecule has 2 fully saturated rings. The van der Waals surface area contributed by atoms with Crippen molar-refractivity contribution in [3.05, 3.63) is 33.8 Å². The number of hydrogen-bond acceptors (Lipinski definition) is 2. The highest BCUT2D eigenvalue weighted by molar-refractivity contribution is 6.35. The van der Waals surface area contributed by atoms with Gasteiger partial charge in [0.15, 0.2) is 0 Å². The fraction of sp³-hybridized carbons (Fsp3) is 0.556. The van der Waals surface area contributed by atoms with E-state index in [-0.39, 0.29) is 29.7 Å². The maximum Gasteiger partial charge on any atom is 0.225 e. The number of halogens is 2. The third kappa shape index (κ3) is 4.04. The van der Waals surface area contributed by atoms with Gasteiger partial charge in [0.1, 0.15) is 0 Å². The molecule has 1 aliphatic carbocycles. The van der Waals surface area contributed by atoms with Crippen LogP contribution in [0.5, 0.6) is 0 Å². The summed E-state index contributed by atoms with van der Waals surface area (Å²) in [6, 6.07) is 5.12. The van der Waals surface area contributed by atoms with Gasteiger partial charge in [0, 0.05) is 35.0 Å². The van der Waals surface area contributed by atoms with Crippen molar-refractivity contribution in [1.29, 1.82) is 0 Å². The molecule has 1 aromatic rings. The summed E-state index contributed by atoms with van der Waals surface area (Å²) in [6.45, 7) is 3.28. The van der Waals surface area contributed by atoms with E-state index >= 15 is 0 Å². The Hall–Kier alpha value is -1.26. The summed E-state index contributed by atoms with van der Waals surface area (Å²) in [5, 5.41) is 4.17. The molecule has 1 aliphatic heterocycles. The van der Waals surface area contributed by atoms with E-state index in [1.54, 1.807) is 12.1 Å². The number of amides is 2. The van der Waals surface area contributed by atoms with Gasteiger partial charge in [-0.05, 0) is 50.3 Å². The zero-order chi connectivity index (χ0) is 17.3. The number of likely N-dealkylation sites (tertiary alicyclic amines) is 1. The summed E-state index contributed by atoms with van der Waals surface area (Å²) in [7, 11) is 0. The standard InChI is InChI=1S/C18H22Cl2N2O2/c1-11(15-5-4-14(19)10-16(15)20)21-17(23)12-6-8-22(9-7-12)18(24)13-2-3-13/h4-5,10-13H,2-3,6-9H2,1H3,(H,21,23). The Morgan fingerprint density at radius 2 is 1.79 bits per heavy atom. The van der Waals surface area contributed by atoms with Crippen LogP contribution in [0.2, 0.25) is 10.0 Å². The molecule has 1 unspecified atom stereocenters. The Kier molecular flexibility index (Phi) is 5.36. The van der Waals surface area contributed by atoms with Crippen LogP contribution >= 0.6 is 23.2 Å². The molecule has 4 nitrogen and oxygen atoms in total. The summed E-state index contributed by atoms with van der Waals surface area (Å²) in [6.07, 6.45) is 3.51. The topological polar surface area (TPSA) is 49.4 Å². The molecule has 24 heavy (non-hydrogen) atoms. The van der Waals surface area contributed by atoms with E-state index in [0.29, 0.717) is 23.1 Å². The van der Waals surface area contributed by atoms with Crippen LogP contribution in [-0.2, 0) is 9.59 Å². The predicted molar refractivity (Wildman–Crippen MR) is 95.0 cm³/mol. The van der Waals surface area contributed by atoms with Crippen molar-refractivity contribution >= 4 is 35.0 Å². The molecule has 2 aliphatic rings. The van der Waals surface area contributed by atoms with Crippen LogP contribution < -0.4 is 5.32 Å². The molecule has 0 radical (unpaired) electrons. The lowest BCUT2D eigenvalue weighted by Crippen LogP contribution is -2.44. The zero-order valence-electron chi connectivity index (χ0n) is 13.7. The third-order valence-electron chi connectivity index (χ3n) is 4.89. The maximum atomic E-state index is 12.5. The molecular formula is C18H22Cl2N2O2. The van der Waals surface area contributed by atoms with Gasteiger partial charge >= 0.3 is 0 Å². The summed E-state index contributed by atoms with van der Waals surface area (Å²) >= 11 is 12.1. The molecule has 1 N–H and O–H groups in total. The van der Waals surface area contributed by atoms with Gasteiger partial charge in [-0.1, -0.05) is 29.3 Å². The van der Waals surface area contributed by atoms with E-state index in [1.165, 1.54) is 0 Å². The molecule has 0 bridgehead atoms. The second kappa shape index (κ2) is 7.32. The maximum absolute atomic E-state index is 12.5. The average Bonchev–Trinajstić information content (AvgIpc) is 3.39. The molecule has 0 spiro atoms. The van der Waals surface area contributed by atoms with Gasteiger partial charge in [-0.25, -0.2) is 0 Å². The number of nitrogens with one attached hydrogen (secondary N) is 1. The average molecular weight is 369 g/mol. The van der Waals surface area contributed by atoms with Crippen LogP contribution in [0.3, 0.4) is 0 Å². The second-order valence-corrected chi connectivity index (χ2v) is 7.61. The van der Waals surface area contributed by atoms with Gasteiger partial charge in [0.05, 0.1) is 6.04 Å². The van der Waals surface area contributed by atoms with Gasteiger partial charge in [-0.15, -0.1) is 0 Å². The van der Waals surface area contributed by atoms with E-state index in [9.17, 15) is 9.59 Å². The van der Waals surface area contributed by atoms with Gasteiger partial charge in [0.2, 0.25) is 11.8 Å². The van der Waals surface area contributed by atoms with Crippen LogP contribution in [-0.4, -0.2) is 29.8 Å². The summed E-state index contributed by atoms with van der Waals surface area (Å²) in [5.41, 5.74) is 0.857. The Balaban J connectivity index is 1.52. The van der Waals surface area contributed by atoms with Crippen LogP contribution in [0.4, 0.5) is 0 Å². The summed E-state index contributed by atoms with van der Waals surface area (Å²) in [4.78, 5) is 26.5. The summed E-state index contributed by atoms with van der Waals surface area (Å²) < 4.78 is 0. The number of rotatable bonds is 4. The SMILES string of the molecule is CC(NC(=O)C1CCN(C(=O)C2CC2)CC1)c1ccc(Cl)cc1Cl. The van der Waals surface area contributed by atoms with Crippen molar-refractivity contribution < 1.29 is 9.59 Å². The van der Waals surface area contributed by atoms with Crippen molar-refractivity contribution in [2.45, 2.75) is 38.6 Å². The molecule has 1 atom stereocenters. The molecule has 1 saturated heterocycles. The first-order valence-electron chi connectivity index (χ1n) is 8.50. The highest BCUT2D eigenvalue weighted by atomic mass is 35.5. The number of nitrogens with zero attached hydrogens (tertiary/aromatic N) is 1. The molecule has 1 heterocycles. The van der Waals surface area contributed by atoms with Gasteiger partial charge < -0.3 is 10.2 Å². The first-order valence-corrected chi connectivity index (χ1v) is 9.25. The third-order valence-corrected chi connectivity index (χ3v) is 5.45. The van der Waals surface area contributed by atoms with Crippen LogP contribution in [0, 0.1) is 11.8 Å². The Labute approximate surface area is 152 Å². The lowest BCUT2D eigenvalue weighted by Gasteiger charge is -2.32. The van der Waals surface area contributed by atoms with Gasteiger partial charge in [0.25, 0.3) is 0 Å². The van der Waals surface area contributed by atoms with Crippen LogP contribution in [0.1, 0.15) is 44.2 Å². The fourth-order valence-electron chi connectivity index (χ4n) is 3.21. The number of piperidine rings is 1. The molecule has 2 amide bonds. The molecule has 1 aromatic carbocycles. The number of carbonyl (C=O) groups is 2. The molecular weight excluding hydrogens is 347 g/mol. The van der Waals surface area contributed by atoms with Crippen molar-refractivity contribution in [1.82, 2.24) is 10.2 Å². The molecule has 1 saturated carbocycles. The van der Waals surface area contributed by atoms with E-state index in [1.807, 2.05) is 17.9 Å². The minimum absolute atomic E-state index is 0.0343. The van der Waals surface area contributed by atoms with Gasteiger partial charge in [-0.3, -0.25) is 9.59 Å². The van der Waals surface area contributed by atoms with Crippen molar-refractivity contribution in [3.63, 3.8) is 0 Å². The predicted octanol–water partition coefficient (Wildman–Crippen LogP) is 3.82. The molecule has 0 aromatic heterocycles. The largest absolute Gasteiger partial charge is 0.349 e. The Morgan fingerprint density at radius 3 is 2.38 bits per heavy atom. The number of benzene rings is 1. The molecule has 6 heteroatoms. The first-order chi connectivity index (χ1) is 11.5. The second-order valence-electron chi connectivity index (χ2n) is 6.77. The van der Waals surface area contributed by atoms with E-state index < -0.39 is 0 Å². The van der Waals surface area contributed by atoms with Gasteiger partial charge in [-0.2, -0.15) is 0 Å². The van der Waals surface area contributed by atoms with Crippen molar-refractivity contribution in [2.75, 3.05) is 13.1 Å². The zero-order valence-corrected chi connectivity index (χ0v) is 15.2. The number of carbonyl (C=O) groups excluding carboxylic acids is 2.